The molecular weight excluding hydrogens is 323 g/mol. The molecule has 5 nitrogen and oxygen atoms in total. The average Bonchev–Trinajstić information content (AvgIpc) is 2.96. The molecule has 3 aromatic rings. The number of aromatic nitrogens is 3. The maximum absolute atomic E-state index is 11.9. The number of fused-ring (bicyclic) bond motifs is 1. The second kappa shape index (κ2) is 6.12. The second-order valence-electron chi connectivity index (χ2n) is 5.02. The van der Waals surface area contributed by atoms with Gasteiger partial charge in [-0.3, -0.25) is 9.89 Å². The summed E-state index contributed by atoms with van der Waals surface area (Å²) in [5, 5.41) is 7.19. The molecule has 0 spiro atoms. The van der Waals surface area contributed by atoms with Crippen LogP contribution in [0.25, 0.3) is 5.65 Å². The highest BCUT2D eigenvalue weighted by molar-refractivity contribution is 6.42. The van der Waals surface area contributed by atoms with Gasteiger partial charge in [-0.05, 0) is 24.6 Å². The van der Waals surface area contributed by atoms with E-state index in [0.29, 0.717) is 27.9 Å². The van der Waals surface area contributed by atoms with Crippen LogP contribution in [0.15, 0.2) is 41.3 Å². The number of hydrogen-bond donors (Lipinski definition) is 2. The van der Waals surface area contributed by atoms with Crippen molar-refractivity contribution in [3.63, 3.8) is 0 Å². The van der Waals surface area contributed by atoms with Gasteiger partial charge in [0.15, 0.2) is 5.65 Å². The van der Waals surface area contributed by atoms with Gasteiger partial charge in [0.05, 0.1) is 15.7 Å². The minimum absolute atomic E-state index is 0.0567. The molecule has 1 atom stereocenters. The SMILES string of the molecule is C[C@@H](NCc1cc(=O)n2[nH]ccc2n1)c1ccc(Cl)c(Cl)c1. The topological polar surface area (TPSA) is 62.2 Å². The first-order valence-corrected chi connectivity index (χ1v) is 7.54. The standard InChI is InChI=1S/C15H14Cl2N4O/c1-9(10-2-3-12(16)13(17)6-10)18-8-11-7-15(22)21-14(20-11)4-5-19-21/h2-7,9,18-19H,8H2,1H3/t9-/m1/s1. The Labute approximate surface area is 136 Å². The van der Waals surface area contributed by atoms with E-state index in [1.54, 1.807) is 18.3 Å². The maximum Gasteiger partial charge on any atom is 0.272 e. The van der Waals surface area contributed by atoms with Crippen LogP contribution < -0.4 is 10.9 Å². The largest absolute Gasteiger partial charge is 0.305 e. The summed E-state index contributed by atoms with van der Waals surface area (Å²) in [6, 6.07) is 8.85. The molecule has 2 aromatic heterocycles. The third-order valence-corrected chi connectivity index (χ3v) is 4.21. The van der Waals surface area contributed by atoms with E-state index in [0.717, 1.165) is 5.56 Å². The fourth-order valence-corrected chi connectivity index (χ4v) is 2.53. The molecule has 0 aliphatic heterocycles. The van der Waals surface area contributed by atoms with Crippen LogP contribution in [-0.2, 0) is 6.54 Å². The minimum atomic E-state index is -0.131. The molecule has 22 heavy (non-hydrogen) atoms. The first-order chi connectivity index (χ1) is 10.5. The third-order valence-electron chi connectivity index (χ3n) is 3.47. The van der Waals surface area contributed by atoms with Gasteiger partial charge in [-0.1, -0.05) is 29.3 Å². The van der Waals surface area contributed by atoms with Crippen LogP contribution in [0.1, 0.15) is 24.2 Å². The number of H-pyrrole nitrogens is 1. The summed E-state index contributed by atoms with van der Waals surface area (Å²) in [6.07, 6.45) is 1.68. The molecule has 0 saturated carbocycles. The molecule has 2 heterocycles. The molecular formula is C15H14Cl2N4O. The van der Waals surface area contributed by atoms with Crippen LogP contribution in [0.3, 0.4) is 0 Å². The van der Waals surface area contributed by atoms with Crippen molar-refractivity contribution in [3.05, 3.63) is 68.2 Å². The van der Waals surface area contributed by atoms with Gasteiger partial charge in [0.1, 0.15) is 0 Å². The van der Waals surface area contributed by atoms with E-state index in [1.807, 2.05) is 19.1 Å². The van der Waals surface area contributed by atoms with Gasteiger partial charge in [-0.2, -0.15) is 0 Å². The summed E-state index contributed by atoms with van der Waals surface area (Å²) in [6.45, 7) is 2.50. The van der Waals surface area contributed by atoms with Crippen LogP contribution in [0.4, 0.5) is 0 Å². The molecule has 0 radical (unpaired) electrons. The highest BCUT2D eigenvalue weighted by Crippen LogP contribution is 2.25. The van der Waals surface area contributed by atoms with Gasteiger partial charge in [0.2, 0.25) is 0 Å². The third kappa shape index (κ3) is 3.02. The van der Waals surface area contributed by atoms with Crippen LogP contribution in [0, 0.1) is 0 Å². The molecule has 0 aliphatic rings. The molecule has 0 fully saturated rings. The lowest BCUT2D eigenvalue weighted by Gasteiger charge is -2.14. The number of benzene rings is 1. The predicted octanol–water partition coefficient (Wildman–Crippen LogP) is 3.18. The Kier molecular flexibility index (Phi) is 4.20. The van der Waals surface area contributed by atoms with Crippen molar-refractivity contribution >= 4 is 28.8 Å². The molecule has 7 heteroatoms. The summed E-state index contributed by atoms with van der Waals surface area (Å²) in [7, 11) is 0. The normalized spacial score (nSPS) is 12.7. The van der Waals surface area contributed by atoms with E-state index in [9.17, 15) is 4.79 Å². The van der Waals surface area contributed by atoms with Gasteiger partial charge in [0, 0.05) is 30.9 Å². The van der Waals surface area contributed by atoms with E-state index in [-0.39, 0.29) is 11.6 Å². The smallest absolute Gasteiger partial charge is 0.272 e. The minimum Gasteiger partial charge on any atom is -0.305 e. The zero-order chi connectivity index (χ0) is 15.7. The molecule has 0 aliphatic carbocycles. The number of rotatable bonds is 4. The number of hydrogen-bond acceptors (Lipinski definition) is 3. The van der Waals surface area contributed by atoms with Crippen molar-refractivity contribution < 1.29 is 0 Å². The van der Waals surface area contributed by atoms with Gasteiger partial charge < -0.3 is 5.32 Å². The number of nitrogens with zero attached hydrogens (tertiary/aromatic N) is 2. The average molecular weight is 337 g/mol. The molecule has 0 unspecified atom stereocenters. The highest BCUT2D eigenvalue weighted by atomic mass is 35.5. The summed E-state index contributed by atoms with van der Waals surface area (Å²) in [5.74, 6) is 0. The maximum atomic E-state index is 11.9. The second-order valence-corrected chi connectivity index (χ2v) is 5.83. The predicted molar refractivity (Wildman–Crippen MR) is 87.5 cm³/mol. The van der Waals surface area contributed by atoms with Crippen LogP contribution >= 0.6 is 23.2 Å². The molecule has 1 aromatic carbocycles. The van der Waals surface area contributed by atoms with Crippen molar-refractivity contribution in [2.45, 2.75) is 19.5 Å². The van der Waals surface area contributed by atoms with E-state index in [2.05, 4.69) is 15.4 Å². The fraction of sp³-hybridized carbons (Fsp3) is 0.200. The van der Waals surface area contributed by atoms with E-state index in [1.165, 1.54) is 10.6 Å². The van der Waals surface area contributed by atoms with Crippen molar-refractivity contribution in [1.82, 2.24) is 19.9 Å². The lowest BCUT2D eigenvalue weighted by molar-refractivity contribution is 0.567. The molecule has 114 valence electrons. The summed E-state index contributed by atoms with van der Waals surface area (Å²) >= 11 is 11.9. The zero-order valence-corrected chi connectivity index (χ0v) is 13.3. The number of aromatic amines is 1. The fourth-order valence-electron chi connectivity index (χ4n) is 2.23. The molecule has 3 rings (SSSR count). The van der Waals surface area contributed by atoms with Gasteiger partial charge in [-0.15, -0.1) is 0 Å². The Balaban J connectivity index is 1.75. The Bertz CT molecular complexity index is 871. The van der Waals surface area contributed by atoms with E-state index in [4.69, 9.17) is 23.2 Å². The lowest BCUT2D eigenvalue weighted by Crippen LogP contribution is -2.22. The Morgan fingerprint density at radius 1 is 1.27 bits per heavy atom. The monoisotopic (exact) mass is 336 g/mol. The van der Waals surface area contributed by atoms with E-state index < -0.39 is 0 Å². The summed E-state index contributed by atoms with van der Waals surface area (Å²) < 4.78 is 1.39. The van der Waals surface area contributed by atoms with E-state index >= 15 is 0 Å². The van der Waals surface area contributed by atoms with Crippen molar-refractivity contribution in [2.24, 2.45) is 0 Å². The molecule has 2 N–H and O–H groups in total. The first-order valence-electron chi connectivity index (χ1n) is 6.79. The van der Waals surface area contributed by atoms with Gasteiger partial charge in [0.25, 0.3) is 5.56 Å². The quantitative estimate of drug-likeness (QED) is 0.769. The Morgan fingerprint density at radius 2 is 2.09 bits per heavy atom. The van der Waals surface area contributed by atoms with Crippen molar-refractivity contribution in [3.8, 4) is 0 Å². The summed E-state index contributed by atoms with van der Waals surface area (Å²) in [5.41, 5.74) is 2.19. The van der Waals surface area contributed by atoms with Gasteiger partial charge >= 0.3 is 0 Å². The zero-order valence-electron chi connectivity index (χ0n) is 11.8. The van der Waals surface area contributed by atoms with Crippen LogP contribution in [-0.4, -0.2) is 14.6 Å². The number of nitrogens with one attached hydrogen (secondary N) is 2. The molecule has 0 saturated heterocycles. The number of halogens is 2. The lowest BCUT2D eigenvalue weighted by atomic mass is 10.1. The first kappa shape index (κ1) is 15.1. The van der Waals surface area contributed by atoms with Crippen LogP contribution in [0.2, 0.25) is 10.0 Å². The Morgan fingerprint density at radius 3 is 2.86 bits per heavy atom. The molecule has 0 bridgehead atoms. The Hall–Kier alpha value is -1.82. The van der Waals surface area contributed by atoms with Gasteiger partial charge in [-0.25, -0.2) is 9.50 Å². The molecule has 0 amide bonds. The van der Waals surface area contributed by atoms with Crippen molar-refractivity contribution in [1.29, 1.82) is 0 Å². The highest BCUT2D eigenvalue weighted by Gasteiger charge is 2.09. The van der Waals surface area contributed by atoms with Crippen LogP contribution in [0.5, 0.6) is 0 Å². The van der Waals surface area contributed by atoms with Crippen molar-refractivity contribution in [2.75, 3.05) is 0 Å². The summed E-state index contributed by atoms with van der Waals surface area (Å²) in [4.78, 5) is 16.3.